The molecule has 2 aromatic rings. The maximum absolute atomic E-state index is 12.5. The van der Waals surface area contributed by atoms with Gasteiger partial charge in [-0.3, -0.25) is 19.3 Å². The fraction of sp³-hybridized carbons (Fsp3) is 0.0556. The second-order valence-corrected chi connectivity index (χ2v) is 8.42. The molecule has 0 bridgehead atoms. The van der Waals surface area contributed by atoms with E-state index < -0.39 is 17.1 Å². The van der Waals surface area contributed by atoms with Crippen LogP contribution in [0.2, 0.25) is 0 Å². The Labute approximate surface area is 176 Å². The van der Waals surface area contributed by atoms with Gasteiger partial charge in [0, 0.05) is 13.7 Å². The van der Waals surface area contributed by atoms with E-state index in [4.69, 9.17) is 0 Å². The van der Waals surface area contributed by atoms with E-state index in [0.29, 0.717) is 10.6 Å². The van der Waals surface area contributed by atoms with E-state index >= 15 is 0 Å². The minimum atomic E-state index is -0.453. The summed E-state index contributed by atoms with van der Waals surface area (Å²) in [7, 11) is 0. The molecule has 0 aromatic heterocycles. The molecule has 0 aliphatic carbocycles. The summed E-state index contributed by atoms with van der Waals surface area (Å²) < 4.78 is 1.87. The van der Waals surface area contributed by atoms with Gasteiger partial charge in [0.15, 0.2) is 0 Å². The predicted molar refractivity (Wildman–Crippen MR) is 115 cm³/mol. The molecule has 0 saturated carbocycles. The van der Waals surface area contributed by atoms with E-state index in [-0.39, 0.29) is 6.54 Å². The maximum Gasteiger partial charge on any atom is 0.294 e. The second kappa shape index (κ2) is 8.36. The largest absolute Gasteiger partial charge is 0.325 e. The van der Waals surface area contributed by atoms with Crippen LogP contribution in [-0.2, 0) is 9.59 Å². The topological polar surface area (TPSA) is 66.5 Å². The summed E-state index contributed by atoms with van der Waals surface area (Å²) in [5.41, 5.74) is 1.46. The van der Waals surface area contributed by atoms with Gasteiger partial charge in [0.05, 0.1) is 4.91 Å². The number of hydrogen-bond acceptors (Lipinski definition) is 4. The average Bonchev–Trinajstić information content (AvgIpc) is 2.86. The first kappa shape index (κ1) is 19.1. The first-order valence-electron chi connectivity index (χ1n) is 7.49. The van der Waals surface area contributed by atoms with E-state index in [1.54, 1.807) is 30.3 Å². The zero-order chi connectivity index (χ0) is 18.7. The summed E-state index contributed by atoms with van der Waals surface area (Å²) in [4.78, 5) is 38.1. The molecule has 1 saturated heterocycles. The van der Waals surface area contributed by atoms with E-state index in [0.717, 1.165) is 30.3 Å². The van der Waals surface area contributed by atoms with Gasteiger partial charge in [-0.2, -0.15) is 0 Å². The molecule has 2 aromatic carbocycles. The van der Waals surface area contributed by atoms with Crippen molar-refractivity contribution in [3.63, 3.8) is 0 Å². The molecule has 0 unspecified atom stereocenters. The van der Waals surface area contributed by atoms with Gasteiger partial charge in [0.1, 0.15) is 6.54 Å². The van der Waals surface area contributed by atoms with Gasteiger partial charge in [-0.05, 0) is 76.3 Å². The molecule has 1 heterocycles. The lowest BCUT2D eigenvalue weighted by molar-refractivity contribution is -0.127. The average molecular weight is 543 g/mol. The van der Waals surface area contributed by atoms with Crippen LogP contribution in [-0.4, -0.2) is 28.5 Å². The molecule has 132 valence electrons. The van der Waals surface area contributed by atoms with Crippen molar-refractivity contribution < 1.29 is 14.4 Å². The van der Waals surface area contributed by atoms with Crippen molar-refractivity contribution in [2.75, 3.05) is 11.9 Å². The van der Waals surface area contributed by atoms with Crippen molar-refractivity contribution in [3.8, 4) is 0 Å². The molecule has 0 atom stereocenters. The molecule has 26 heavy (non-hydrogen) atoms. The van der Waals surface area contributed by atoms with Crippen LogP contribution in [0, 0.1) is 3.57 Å². The Bertz CT molecular complexity index is 915. The minimum absolute atomic E-state index is 0.315. The molecule has 1 aliphatic rings. The molecular weight excluding hydrogens is 531 g/mol. The van der Waals surface area contributed by atoms with Crippen LogP contribution in [0.15, 0.2) is 57.9 Å². The standard InChI is InChI=1S/C18H12BrIN2O3S/c19-12-5-7-13(8-6-12)21-16(23)10-22-17(24)15(26-18(22)25)9-11-3-1-2-4-14(11)20/h1-9H,10H2,(H,21,23)/b15-9-. The fourth-order valence-corrected chi connectivity index (χ4v) is 3.88. The van der Waals surface area contributed by atoms with Crippen LogP contribution in [0.3, 0.4) is 0 Å². The molecule has 3 amide bonds. The van der Waals surface area contributed by atoms with Crippen molar-refractivity contribution in [1.82, 2.24) is 4.90 Å². The van der Waals surface area contributed by atoms with Crippen LogP contribution in [0.25, 0.3) is 6.08 Å². The highest BCUT2D eigenvalue weighted by Crippen LogP contribution is 2.32. The first-order valence-corrected chi connectivity index (χ1v) is 10.2. The molecule has 0 radical (unpaired) electrons. The van der Waals surface area contributed by atoms with Crippen molar-refractivity contribution in [1.29, 1.82) is 0 Å². The van der Waals surface area contributed by atoms with Gasteiger partial charge in [0.25, 0.3) is 11.1 Å². The number of carbonyl (C=O) groups is 3. The number of thioether (sulfide) groups is 1. The van der Waals surface area contributed by atoms with E-state index in [1.165, 1.54) is 0 Å². The molecule has 1 fully saturated rings. The third-order valence-electron chi connectivity index (χ3n) is 3.50. The number of hydrogen-bond donors (Lipinski definition) is 1. The lowest BCUT2D eigenvalue weighted by atomic mass is 10.2. The quantitative estimate of drug-likeness (QED) is 0.448. The first-order chi connectivity index (χ1) is 12.4. The van der Waals surface area contributed by atoms with Crippen molar-refractivity contribution in [2.24, 2.45) is 0 Å². The van der Waals surface area contributed by atoms with Gasteiger partial charge >= 0.3 is 0 Å². The van der Waals surface area contributed by atoms with Gasteiger partial charge in [-0.1, -0.05) is 34.1 Å². The zero-order valence-corrected chi connectivity index (χ0v) is 17.8. The zero-order valence-electron chi connectivity index (χ0n) is 13.2. The summed E-state index contributed by atoms with van der Waals surface area (Å²) in [6.45, 7) is -0.316. The Balaban J connectivity index is 1.70. The van der Waals surface area contributed by atoms with Crippen molar-refractivity contribution in [2.45, 2.75) is 0 Å². The number of halogens is 2. The monoisotopic (exact) mass is 542 g/mol. The summed E-state index contributed by atoms with van der Waals surface area (Å²) in [5, 5.41) is 2.23. The summed E-state index contributed by atoms with van der Waals surface area (Å²) >= 11 is 6.33. The summed E-state index contributed by atoms with van der Waals surface area (Å²) in [6, 6.07) is 14.6. The number of imide groups is 1. The highest BCUT2D eigenvalue weighted by atomic mass is 127. The summed E-state index contributed by atoms with van der Waals surface area (Å²) in [5.74, 6) is -0.879. The van der Waals surface area contributed by atoms with Gasteiger partial charge in [-0.15, -0.1) is 0 Å². The molecular formula is C18H12BrIN2O3S. The highest BCUT2D eigenvalue weighted by Gasteiger charge is 2.36. The molecule has 1 aliphatic heterocycles. The Morgan fingerprint density at radius 1 is 1.15 bits per heavy atom. The number of anilines is 1. The third-order valence-corrected chi connectivity index (χ3v) is 5.91. The van der Waals surface area contributed by atoms with Crippen LogP contribution >= 0.6 is 50.3 Å². The van der Waals surface area contributed by atoms with E-state index in [2.05, 4.69) is 43.8 Å². The second-order valence-electron chi connectivity index (χ2n) is 5.34. The molecule has 1 N–H and O–H groups in total. The molecule has 8 heteroatoms. The number of amides is 3. The predicted octanol–water partition coefficient (Wildman–Crippen LogP) is 4.73. The maximum atomic E-state index is 12.5. The van der Waals surface area contributed by atoms with Gasteiger partial charge in [-0.25, -0.2) is 0 Å². The van der Waals surface area contributed by atoms with Gasteiger partial charge in [0.2, 0.25) is 5.91 Å². The van der Waals surface area contributed by atoms with E-state index in [1.807, 2.05) is 24.3 Å². The van der Waals surface area contributed by atoms with Crippen LogP contribution in [0.5, 0.6) is 0 Å². The van der Waals surface area contributed by atoms with Crippen molar-refractivity contribution >= 4 is 79.1 Å². The highest BCUT2D eigenvalue weighted by molar-refractivity contribution is 14.1. The van der Waals surface area contributed by atoms with Gasteiger partial charge < -0.3 is 5.32 Å². The third kappa shape index (κ3) is 4.54. The Hall–Kier alpha value is -1.65. The number of nitrogens with zero attached hydrogens (tertiary/aromatic N) is 1. The molecule has 0 spiro atoms. The smallest absolute Gasteiger partial charge is 0.294 e. The number of rotatable bonds is 4. The minimum Gasteiger partial charge on any atom is -0.325 e. The molecule has 5 nitrogen and oxygen atoms in total. The number of nitrogens with one attached hydrogen (secondary N) is 1. The number of benzene rings is 2. The number of carbonyl (C=O) groups excluding carboxylic acids is 3. The SMILES string of the molecule is O=C(CN1C(=O)S/C(=C\c2ccccc2I)C1=O)Nc1ccc(Br)cc1. The Morgan fingerprint density at radius 2 is 1.85 bits per heavy atom. The lowest BCUT2D eigenvalue weighted by Gasteiger charge is -2.12. The Morgan fingerprint density at radius 3 is 2.54 bits per heavy atom. The van der Waals surface area contributed by atoms with Crippen LogP contribution in [0.4, 0.5) is 10.5 Å². The lowest BCUT2D eigenvalue weighted by Crippen LogP contribution is -2.36. The fourth-order valence-electron chi connectivity index (χ4n) is 2.25. The van der Waals surface area contributed by atoms with Crippen LogP contribution in [0.1, 0.15) is 5.56 Å². The normalized spacial score (nSPS) is 15.6. The molecule has 3 rings (SSSR count). The summed E-state index contributed by atoms with van der Waals surface area (Å²) in [6.07, 6.45) is 1.68. The Kier molecular flexibility index (Phi) is 6.15. The van der Waals surface area contributed by atoms with Crippen molar-refractivity contribution in [3.05, 3.63) is 67.0 Å². The van der Waals surface area contributed by atoms with Crippen LogP contribution < -0.4 is 5.32 Å². The van der Waals surface area contributed by atoms with E-state index in [9.17, 15) is 14.4 Å².